The molecule has 0 spiro atoms. The third-order valence-electron chi connectivity index (χ3n) is 3.94. The number of nitrogens with one attached hydrogen (secondary N) is 1. The van der Waals surface area contributed by atoms with Crippen molar-refractivity contribution in [3.8, 4) is 0 Å². The molecule has 1 fully saturated rings. The molecular weight excluding hydrogens is 335 g/mol. The van der Waals surface area contributed by atoms with Gasteiger partial charge in [-0.25, -0.2) is 12.8 Å². The first kappa shape index (κ1) is 16.7. The van der Waals surface area contributed by atoms with Crippen LogP contribution in [0.25, 0.3) is 0 Å². The van der Waals surface area contributed by atoms with E-state index in [1.54, 1.807) is 12.1 Å². The van der Waals surface area contributed by atoms with Gasteiger partial charge in [0.05, 0.1) is 17.7 Å². The lowest BCUT2D eigenvalue weighted by Crippen LogP contribution is -2.45. The summed E-state index contributed by atoms with van der Waals surface area (Å²) in [4.78, 5) is 12.3. The molecule has 24 heavy (non-hydrogen) atoms. The fourth-order valence-electron chi connectivity index (χ4n) is 2.74. The van der Waals surface area contributed by atoms with Gasteiger partial charge < -0.3 is 9.73 Å². The Labute approximate surface area is 139 Å². The molecule has 1 aliphatic heterocycles. The number of carbonyl (C=O) groups excluding carboxylic acids is 1. The van der Waals surface area contributed by atoms with Crippen molar-refractivity contribution in [3.05, 3.63) is 54.2 Å². The zero-order chi connectivity index (χ0) is 17.2. The highest BCUT2D eigenvalue weighted by Gasteiger charge is 2.39. The number of nitrogens with zero attached hydrogens (tertiary/aromatic N) is 1. The van der Waals surface area contributed by atoms with Gasteiger partial charge in [0, 0.05) is 6.54 Å². The molecule has 3 rings (SSSR count). The second kappa shape index (κ2) is 6.74. The van der Waals surface area contributed by atoms with Gasteiger partial charge in [-0.05, 0) is 49.2 Å². The predicted molar refractivity (Wildman–Crippen MR) is 83.9 cm³/mol. The summed E-state index contributed by atoms with van der Waals surface area (Å²) in [7, 11) is -3.84. The summed E-state index contributed by atoms with van der Waals surface area (Å²) in [6.07, 6.45) is 2.55. The lowest BCUT2D eigenvalue weighted by atomic mass is 10.2. The van der Waals surface area contributed by atoms with Crippen molar-refractivity contribution in [2.75, 3.05) is 6.54 Å². The van der Waals surface area contributed by atoms with Crippen molar-refractivity contribution < 1.29 is 22.0 Å². The van der Waals surface area contributed by atoms with Gasteiger partial charge in [0.15, 0.2) is 0 Å². The van der Waals surface area contributed by atoms with Crippen LogP contribution in [0.15, 0.2) is 52.0 Å². The fourth-order valence-corrected chi connectivity index (χ4v) is 4.39. The summed E-state index contributed by atoms with van der Waals surface area (Å²) in [6.45, 7) is 0.464. The molecule has 6 nitrogen and oxygen atoms in total. The highest BCUT2D eigenvalue weighted by Crippen LogP contribution is 2.26. The van der Waals surface area contributed by atoms with Crippen LogP contribution in [0.5, 0.6) is 0 Å². The Morgan fingerprint density at radius 3 is 2.71 bits per heavy atom. The Bertz CT molecular complexity index is 803. The van der Waals surface area contributed by atoms with E-state index in [0.29, 0.717) is 18.6 Å². The van der Waals surface area contributed by atoms with Crippen LogP contribution in [0, 0.1) is 5.82 Å². The fraction of sp³-hybridized carbons (Fsp3) is 0.312. The Kier molecular flexibility index (Phi) is 4.68. The summed E-state index contributed by atoms with van der Waals surface area (Å²) in [5.74, 6) is -0.285. The van der Waals surface area contributed by atoms with Crippen LogP contribution in [0.4, 0.5) is 4.39 Å². The molecule has 1 amide bonds. The van der Waals surface area contributed by atoms with Crippen LogP contribution >= 0.6 is 0 Å². The number of sulfonamides is 1. The first-order valence-electron chi connectivity index (χ1n) is 7.56. The van der Waals surface area contributed by atoms with Gasteiger partial charge in [-0.3, -0.25) is 4.79 Å². The summed E-state index contributed by atoms with van der Waals surface area (Å²) in [6, 6.07) is 7.27. The highest BCUT2D eigenvalue weighted by molar-refractivity contribution is 7.89. The van der Waals surface area contributed by atoms with Gasteiger partial charge in [-0.15, -0.1) is 0 Å². The van der Waals surface area contributed by atoms with Crippen LogP contribution in [0.2, 0.25) is 0 Å². The number of hydrogen-bond acceptors (Lipinski definition) is 4. The minimum atomic E-state index is -3.84. The average molecular weight is 352 g/mol. The first-order valence-corrected chi connectivity index (χ1v) is 9.00. The van der Waals surface area contributed by atoms with Gasteiger partial charge in [0.2, 0.25) is 15.9 Å². The van der Waals surface area contributed by atoms with Crippen molar-refractivity contribution >= 4 is 15.9 Å². The standard InChI is InChI=1S/C16H17FN2O4S/c17-12-5-7-14(8-6-12)24(21,22)19-9-1-4-15(19)16(20)18-11-13-3-2-10-23-13/h2-3,5-8,10,15H,1,4,9,11H2,(H,18,20). The Balaban J connectivity index is 1.74. The molecule has 0 aliphatic carbocycles. The number of hydrogen-bond donors (Lipinski definition) is 1. The van der Waals surface area contributed by atoms with Crippen molar-refractivity contribution in [3.63, 3.8) is 0 Å². The van der Waals surface area contributed by atoms with E-state index in [1.165, 1.54) is 22.7 Å². The van der Waals surface area contributed by atoms with Gasteiger partial charge >= 0.3 is 0 Å². The number of rotatable bonds is 5. The number of carbonyl (C=O) groups is 1. The Morgan fingerprint density at radius 1 is 1.29 bits per heavy atom. The lowest BCUT2D eigenvalue weighted by Gasteiger charge is -2.23. The zero-order valence-corrected chi connectivity index (χ0v) is 13.6. The normalized spacial score (nSPS) is 18.6. The quantitative estimate of drug-likeness (QED) is 0.891. The summed E-state index contributed by atoms with van der Waals surface area (Å²) in [5.41, 5.74) is 0. The topological polar surface area (TPSA) is 79.6 Å². The van der Waals surface area contributed by atoms with Crippen molar-refractivity contribution in [1.29, 1.82) is 0 Å². The SMILES string of the molecule is O=C(NCc1ccco1)C1CCCN1S(=O)(=O)c1ccc(F)cc1. The predicted octanol–water partition coefficient (Wildman–Crippen LogP) is 1.89. The molecule has 0 radical (unpaired) electrons. The molecule has 1 N–H and O–H groups in total. The van der Waals surface area contributed by atoms with E-state index in [2.05, 4.69) is 5.32 Å². The molecule has 0 bridgehead atoms. The molecule has 8 heteroatoms. The maximum atomic E-state index is 13.0. The number of benzene rings is 1. The van der Waals surface area contributed by atoms with Crippen LogP contribution < -0.4 is 5.32 Å². The van der Waals surface area contributed by atoms with E-state index in [-0.39, 0.29) is 23.9 Å². The zero-order valence-electron chi connectivity index (χ0n) is 12.8. The van der Waals surface area contributed by atoms with Gasteiger partial charge in [0.25, 0.3) is 0 Å². The Morgan fingerprint density at radius 2 is 2.04 bits per heavy atom. The van der Waals surface area contributed by atoms with E-state index in [4.69, 9.17) is 4.42 Å². The summed E-state index contributed by atoms with van der Waals surface area (Å²) in [5, 5.41) is 2.69. The van der Waals surface area contributed by atoms with Crippen molar-refractivity contribution in [1.82, 2.24) is 9.62 Å². The van der Waals surface area contributed by atoms with E-state index >= 15 is 0 Å². The summed E-state index contributed by atoms with van der Waals surface area (Å²) < 4.78 is 44.7. The minimum absolute atomic E-state index is 0.0189. The van der Waals surface area contributed by atoms with Gasteiger partial charge in [-0.2, -0.15) is 4.31 Å². The minimum Gasteiger partial charge on any atom is -0.467 e. The van der Waals surface area contributed by atoms with Crippen molar-refractivity contribution in [2.45, 2.75) is 30.3 Å². The molecule has 1 saturated heterocycles. The Hall–Kier alpha value is -2.19. The number of furan rings is 1. The monoisotopic (exact) mass is 352 g/mol. The molecule has 1 aliphatic rings. The molecular formula is C16H17FN2O4S. The third-order valence-corrected chi connectivity index (χ3v) is 5.87. The molecule has 1 unspecified atom stereocenters. The number of amides is 1. The molecule has 0 saturated carbocycles. The molecule has 2 heterocycles. The second-order valence-corrected chi connectivity index (χ2v) is 7.42. The van der Waals surface area contributed by atoms with E-state index in [0.717, 1.165) is 12.1 Å². The first-order chi connectivity index (χ1) is 11.5. The number of halogens is 1. The molecule has 1 aromatic heterocycles. The van der Waals surface area contributed by atoms with E-state index < -0.39 is 21.9 Å². The van der Waals surface area contributed by atoms with Crippen molar-refractivity contribution in [2.24, 2.45) is 0 Å². The average Bonchev–Trinajstić information content (AvgIpc) is 3.24. The largest absolute Gasteiger partial charge is 0.467 e. The second-order valence-electron chi connectivity index (χ2n) is 5.52. The van der Waals surface area contributed by atoms with Crippen LogP contribution in [-0.4, -0.2) is 31.2 Å². The van der Waals surface area contributed by atoms with Gasteiger partial charge in [0.1, 0.15) is 17.6 Å². The smallest absolute Gasteiger partial charge is 0.243 e. The summed E-state index contributed by atoms with van der Waals surface area (Å²) >= 11 is 0. The maximum Gasteiger partial charge on any atom is 0.243 e. The third kappa shape index (κ3) is 3.34. The molecule has 1 atom stereocenters. The van der Waals surface area contributed by atoms with Crippen LogP contribution in [0.3, 0.4) is 0 Å². The van der Waals surface area contributed by atoms with Gasteiger partial charge in [-0.1, -0.05) is 0 Å². The van der Waals surface area contributed by atoms with E-state index in [1.807, 2.05) is 0 Å². The van der Waals surface area contributed by atoms with Crippen LogP contribution in [0.1, 0.15) is 18.6 Å². The van der Waals surface area contributed by atoms with E-state index in [9.17, 15) is 17.6 Å². The molecule has 1 aromatic carbocycles. The molecule has 128 valence electrons. The molecule has 2 aromatic rings. The van der Waals surface area contributed by atoms with Crippen LogP contribution in [-0.2, 0) is 21.4 Å². The lowest BCUT2D eigenvalue weighted by molar-refractivity contribution is -0.124. The maximum absolute atomic E-state index is 13.0. The highest BCUT2D eigenvalue weighted by atomic mass is 32.2.